The van der Waals surface area contributed by atoms with Gasteiger partial charge in [0, 0.05) is 54.3 Å². The Hall–Kier alpha value is -2.40. The zero-order valence-electron chi connectivity index (χ0n) is 28.6. The van der Waals surface area contributed by atoms with Crippen LogP contribution in [0.5, 0.6) is 0 Å². The number of aromatic nitrogens is 2. The zero-order valence-corrected chi connectivity index (χ0v) is 33.2. The van der Waals surface area contributed by atoms with Crippen molar-refractivity contribution in [1.29, 1.82) is 0 Å². The lowest BCUT2D eigenvalue weighted by Crippen LogP contribution is -2.33. The van der Waals surface area contributed by atoms with Gasteiger partial charge in [0.05, 0.1) is 24.6 Å². The minimum atomic E-state index is -0.0178. The molecule has 282 valence electrons. The molecule has 0 amide bonds. The SMILES string of the molecule is C.C.CN1CCC(C2c3ccc(Cl)cc3C=C(CO)c3cc(Br)cnc32)CC1.OCC1=Cc2cc(Cl)ccc2C(C2CCNCC2)c2ncc(Br)cc21. The normalized spacial score (nSPS) is 19.9. The summed E-state index contributed by atoms with van der Waals surface area (Å²) in [4.78, 5) is 12.0. The van der Waals surface area contributed by atoms with Gasteiger partial charge in [-0.2, -0.15) is 0 Å². The van der Waals surface area contributed by atoms with Crippen LogP contribution in [-0.2, 0) is 0 Å². The molecule has 4 heterocycles. The Labute approximate surface area is 342 Å². The molecule has 4 aromatic rings. The molecular weight excluding hydrogens is 835 g/mol. The zero-order chi connectivity index (χ0) is 35.6. The molecule has 10 heteroatoms. The molecule has 0 bridgehead atoms. The van der Waals surface area contributed by atoms with Crippen LogP contribution in [0.15, 0.2) is 69.9 Å². The van der Waals surface area contributed by atoms with Gasteiger partial charge in [-0.25, -0.2) is 0 Å². The maximum Gasteiger partial charge on any atom is 0.0688 e. The van der Waals surface area contributed by atoms with Gasteiger partial charge < -0.3 is 20.4 Å². The lowest BCUT2D eigenvalue weighted by molar-refractivity contribution is 0.206. The number of fused-ring (bicyclic) bond motifs is 4. The van der Waals surface area contributed by atoms with E-state index in [0.717, 1.165) is 116 Å². The molecule has 2 fully saturated rings. The molecule has 2 unspecified atom stereocenters. The van der Waals surface area contributed by atoms with Crippen molar-refractivity contribution in [1.82, 2.24) is 20.2 Å². The average Bonchev–Trinajstić information content (AvgIpc) is 3.35. The maximum atomic E-state index is 10.0. The monoisotopic (exact) mass is 882 g/mol. The molecule has 53 heavy (non-hydrogen) atoms. The minimum Gasteiger partial charge on any atom is -0.392 e. The third-order valence-electron chi connectivity index (χ3n) is 10.9. The third kappa shape index (κ3) is 9.02. The van der Waals surface area contributed by atoms with Crippen LogP contribution in [0.4, 0.5) is 0 Å². The van der Waals surface area contributed by atoms with E-state index in [4.69, 9.17) is 33.2 Å². The van der Waals surface area contributed by atoms with E-state index in [0.29, 0.717) is 11.8 Å². The fourth-order valence-electron chi connectivity index (χ4n) is 8.40. The fraction of sp³-hybridized carbons (Fsp3) is 0.395. The summed E-state index contributed by atoms with van der Waals surface area (Å²) in [5.41, 5.74) is 10.7. The van der Waals surface area contributed by atoms with E-state index >= 15 is 0 Å². The number of likely N-dealkylation sites (tertiary alicyclic amines) is 1. The Balaban J connectivity index is 0.000000197. The van der Waals surface area contributed by atoms with Crippen molar-refractivity contribution in [2.75, 3.05) is 46.4 Å². The van der Waals surface area contributed by atoms with Gasteiger partial charge in [-0.3, -0.25) is 9.97 Å². The first kappa shape index (κ1) is 41.8. The first-order valence-corrected chi connectivity index (χ1v) is 20.0. The van der Waals surface area contributed by atoms with Crippen LogP contribution in [0.2, 0.25) is 10.0 Å². The second-order valence-electron chi connectivity index (χ2n) is 14.1. The quantitative estimate of drug-likeness (QED) is 0.189. The van der Waals surface area contributed by atoms with Crippen molar-refractivity contribution in [3.8, 4) is 0 Å². The van der Waals surface area contributed by atoms with E-state index in [9.17, 15) is 10.2 Å². The molecule has 2 saturated heterocycles. The van der Waals surface area contributed by atoms with Crippen LogP contribution >= 0.6 is 55.1 Å². The summed E-state index contributed by atoms with van der Waals surface area (Å²) >= 11 is 19.6. The van der Waals surface area contributed by atoms with Crippen molar-refractivity contribution in [2.24, 2.45) is 11.8 Å². The van der Waals surface area contributed by atoms with Crippen LogP contribution in [0.1, 0.15) is 97.1 Å². The van der Waals surface area contributed by atoms with Gasteiger partial charge >= 0.3 is 0 Å². The highest BCUT2D eigenvalue weighted by atomic mass is 79.9. The van der Waals surface area contributed by atoms with Crippen molar-refractivity contribution in [2.45, 2.75) is 52.4 Å². The van der Waals surface area contributed by atoms with Gasteiger partial charge in [0.25, 0.3) is 0 Å². The number of nitrogens with zero attached hydrogens (tertiary/aromatic N) is 3. The van der Waals surface area contributed by atoms with Crippen LogP contribution < -0.4 is 5.32 Å². The Morgan fingerprint density at radius 2 is 1.13 bits per heavy atom. The van der Waals surface area contributed by atoms with Crippen molar-refractivity contribution in [3.05, 3.63) is 125 Å². The Bertz CT molecular complexity index is 1970. The number of nitrogens with one attached hydrogen (secondary N) is 1. The Kier molecular flexibility index (Phi) is 14.6. The number of hydrogen-bond donors (Lipinski definition) is 3. The molecule has 4 aliphatic rings. The maximum absolute atomic E-state index is 10.0. The molecule has 2 aliphatic carbocycles. The standard InChI is InChI=1S/C21H22BrClN2O.C20H20BrClN2O.2CH4/c1-25-6-4-13(5-7-25)20-18-3-2-17(23)9-14(18)8-15(12-26)19-10-16(22)11-24-21(19)20;21-15-9-18-14(11-25)7-13-8-16(22)1-2-17(13)19(20(18)24-10-15)12-3-5-23-6-4-12;;/h2-3,8-11,13,20,26H,4-7,12H2,1H3;1-2,7-10,12,19,23,25H,3-6,11H2;2*1H4. The molecular formula is C43H50Br2Cl2N4O2. The molecule has 2 aliphatic heterocycles. The summed E-state index contributed by atoms with van der Waals surface area (Å²) in [6, 6.07) is 16.4. The Morgan fingerprint density at radius 1 is 0.698 bits per heavy atom. The van der Waals surface area contributed by atoms with Gasteiger partial charge in [0.1, 0.15) is 0 Å². The number of piperidine rings is 2. The number of rotatable bonds is 4. The largest absolute Gasteiger partial charge is 0.392 e. The first-order valence-electron chi connectivity index (χ1n) is 17.7. The number of aliphatic hydroxyl groups is 2. The predicted octanol–water partition coefficient (Wildman–Crippen LogP) is 10.6. The molecule has 0 radical (unpaired) electrons. The molecule has 2 aromatic carbocycles. The summed E-state index contributed by atoms with van der Waals surface area (Å²) in [5.74, 6) is 1.50. The van der Waals surface area contributed by atoms with Gasteiger partial charge in [0.2, 0.25) is 0 Å². The van der Waals surface area contributed by atoms with Crippen LogP contribution in [0.25, 0.3) is 23.3 Å². The van der Waals surface area contributed by atoms with Crippen LogP contribution in [0.3, 0.4) is 0 Å². The van der Waals surface area contributed by atoms with Gasteiger partial charge in [0.15, 0.2) is 0 Å². The molecule has 0 spiro atoms. The minimum absolute atomic E-state index is 0. The van der Waals surface area contributed by atoms with Crippen LogP contribution in [-0.4, -0.2) is 71.5 Å². The van der Waals surface area contributed by atoms with Crippen molar-refractivity contribution < 1.29 is 10.2 Å². The lowest BCUT2D eigenvalue weighted by Gasteiger charge is -2.35. The summed E-state index contributed by atoms with van der Waals surface area (Å²) in [6.07, 6.45) is 12.4. The average molecular weight is 886 g/mol. The molecule has 2 aromatic heterocycles. The summed E-state index contributed by atoms with van der Waals surface area (Å²) in [7, 11) is 2.19. The molecule has 0 saturated carbocycles. The number of aliphatic hydroxyl groups excluding tert-OH is 2. The van der Waals surface area contributed by atoms with E-state index in [-0.39, 0.29) is 39.9 Å². The smallest absolute Gasteiger partial charge is 0.0688 e. The molecule has 3 N–H and O–H groups in total. The number of halogens is 4. The second-order valence-corrected chi connectivity index (χ2v) is 16.8. The highest BCUT2D eigenvalue weighted by Gasteiger charge is 2.35. The lowest BCUT2D eigenvalue weighted by atomic mass is 9.76. The summed E-state index contributed by atoms with van der Waals surface area (Å²) < 4.78 is 1.86. The number of pyridine rings is 2. The first-order chi connectivity index (χ1) is 24.7. The topological polar surface area (TPSA) is 81.5 Å². The highest BCUT2D eigenvalue weighted by molar-refractivity contribution is 9.10. The van der Waals surface area contributed by atoms with E-state index in [1.807, 2.05) is 36.7 Å². The summed E-state index contributed by atoms with van der Waals surface area (Å²) in [5, 5.41) is 24.9. The van der Waals surface area contributed by atoms with E-state index in [1.54, 1.807) is 0 Å². The van der Waals surface area contributed by atoms with Gasteiger partial charge in [-0.05, 0) is 185 Å². The van der Waals surface area contributed by atoms with Crippen molar-refractivity contribution >= 4 is 78.4 Å². The van der Waals surface area contributed by atoms with Gasteiger partial charge in [-0.15, -0.1) is 0 Å². The fourth-order valence-corrected chi connectivity index (χ4v) is 9.42. The van der Waals surface area contributed by atoms with E-state index in [2.05, 4.69) is 85.5 Å². The summed E-state index contributed by atoms with van der Waals surface area (Å²) in [6.45, 7) is 4.26. The van der Waals surface area contributed by atoms with Crippen LogP contribution in [0, 0.1) is 11.8 Å². The molecule has 2 atom stereocenters. The number of hydrogen-bond acceptors (Lipinski definition) is 6. The predicted molar refractivity (Wildman–Crippen MR) is 230 cm³/mol. The highest BCUT2D eigenvalue weighted by Crippen LogP contribution is 2.46. The van der Waals surface area contributed by atoms with E-state index < -0.39 is 0 Å². The Morgan fingerprint density at radius 3 is 1.57 bits per heavy atom. The van der Waals surface area contributed by atoms with E-state index in [1.165, 1.54) is 11.1 Å². The second kappa shape index (κ2) is 18.5. The van der Waals surface area contributed by atoms with Crippen molar-refractivity contribution in [3.63, 3.8) is 0 Å². The number of benzene rings is 2. The molecule has 8 rings (SSSR count). The third-order valence-corrected chi connectivity index (χ3v) is 12.2. The van der Waals surface area contributed by atoms with Gasteiger partial charge in [-0.1, -0.05) is 50.2 Å². The molecule has 6 nitrogen and oxygen atoms in total.